The van der Waals surface area contributed by atoms with Crippen molar-refractivity contribution in [3.63, 3.8) is 0 Å². The summed E-state index contributed by atoms with van der Waals surface area (Å²) in [6.07, 6.45) is 0.556. The zero-order valence-corrected chi connectivity index (χ0v) is 8.32. The molecule has 6 heteroatoms. The molecule has 0 aliphatic rings. The lowest BCUT2D eigenvalue weighted by Gasteiger charge is -2.12. The largest absolute Gasteiger partial charge is 0.492 e. The molecule has 0 bridgehead atoms. The van der Waals surface area contributed by atoms with Crippen molar-refractivity contribution in [2.45, 2.75) is 25.4 Å². The molecule has 0 aromatic rings. The predicted octanol–water partition coefficient (Wildman–Crippen LogP) is -1.77. The van der Waals surface area contributed by atoms with Gasteiger partial charge in [0.1, 0.15) is 0 Å². The maximum absolute atomic E-state index is 8.64. The van der Waals surface area contributed by atoms with E-state index in [1.807, 2.05) is 6.92 Å². The second-order valence-electron chi connectivity index (χ2n) is 2.97. The van der Waals surface area contributed by atoms with Crippen molar-refractivity contribution < 1.29 is 14.4 Å². The molecule has 0 spiro atoms. The van der Waals surface area contributed by atoms with Crippen LogP contribution >= 0.6 is 0 Å². The van der Waals surface area contributed by atoms with Gasteiger partial charge in [0.05, 0.1) is 0 Å². The molecule has 0 saturated carbocycles. The third-order valence-corrected chi connectivity index (χ3v) is 2.56. The minimum Gasteiger partial charge on any atom is -0.390 e. The van der Waals surface area contributed by atoms with E-state index in [0.717, 1.165) is 0 Å². The van der Waals surface area contributed by atoms with Crippen LogP contribution in [-0.2, 0) is 0 Å². The highest BCUT2D eigenvalue weighted by molar-refractivity contribution is 6.56. The normalized spacial score (nSPS) is 14.8. The van der Waals surface area contributed by atoms with Crippen molar-refractivity contribution in [2.24, 2.45) is 5.73 Å². The van der Waals surface area contributed by atoms with Gasteiger partial charge < -0.3 is 25.4 Å². The molecular formula is C6H18N2O3Si. The lowest BCUT2D eigenvalue weighted by atomic mass is 10.3. The van der Waals surface area contributed by atoms with Crippen molar-refractivity contribution in [3.8, 4) is 0 Å². The molecule has 0 aliphatic carbocycles. The molecule has 1 unspecified atom stereocenters. The summed E-state index contributed by atoms with van der Waals surface area (Å²) >= 11 is 0. The van der Waals surface area contributed by atoms with Gasteiger partial charge in [-0.05, 0) is 19.9 Å². The quantitative estimate of drug-likeness (QED) is 0.255. The Balaban J connectivity index is 3.22. The van der Waals surface area contributed by atoms with E-state index in [1.165, 1.54) is 0 Å². The van der Waals surface area contributed by atoms with Gasteiger partial charge in [-0.2, -0.15) is 0 Å². The molecule has 0 amide bonds. The van der Waals surface area contributed by atoms with Gasteiger partial charge in [0, 0.05) is 18.6 Å². The van der Waals surface area contributed by atoms with E-state index in [4.69, 9.17) is 20.1 Å². The van der Waals surface area contributed by atoms with Crippen molar-refractivity contribution in [1.29, 1.82) is 0 Å². The minimum atomic E-state index is -3.81. The summed E-state index contributed by atoms with van der Waals surface area (Å²) in [6, 6.07) is 0.314. The zero-order valence-electron chi connectivity index (χ0n) is 7.32. The first kappa shape index (κ1) is 12.0. The van der Waals surface area contributed by atoms with E-state index >= 15 is 0 Å². The Morgan fingerprint density at radius 1 is 1.42 bits per heavy atom. The van der Waals surface area contributed by atoms with E-state index < -0.39 is 8.80 Å². The van der Waals surface area contributed by atoms with Crippen LogP contribution in [0.1, 0.15) is 13.3 Å². The maximum Gasteiger partial charge on any atom is 0.492 e. The second kappa shape index (κ2) is 5.63. The van der Waals surface area contributed by atoms with Gasteiger partial charge in [-0.3, -0.25) is 0 Å². The number of nitrogens with one attached hydrogen (secondary N) is 1. The molecular weight excluding hydrogens is 176 g/mol. The fourth-order valence-corrected chi connectivity index (χ4v) is 1.41. The van der Waals surface area contributed by atoms with Gasteiger partial charge in [0.2, 0.25) is 0 Å². The van der Waals surface area contributed by atoms with Crippen LogP contribution in [-0.4, -0.2) is 42.3 Å². The molecule has 0 rings (SSSR count). The third-order valence-electron chi connectivity index (χ3n) is 1.54. The summed E-state index contributed by atoms with van der Waals surface area (Å²) in [5.41, 5.74) is 5.34. The Morgan fingerprint density at radius 2 is 2.00 bits per heavy atom. The SMILES string of the molecule is CC(CN)NCCC[Si](O)(O)O. The van der Waals surface area contributed by atoms with Crippen molar-refractivity contribution in [3.05, 3.63) is 0 Å². The maximum atomic E-state index is 8.64. The molecule has 0 saturated heterocycles. The zero-order chi connectivity index (χ0) is 9.61. The number of hydrogen-bond acceptors (Lipinski definition) is 5. The molecule has 5 nitrogen and oxygen atoms in total. The first-order chi connectivity index (χ1) is 5.45. The van der Waals surface area contributed by atoms with Gasteiger partial charge in [0.15, 0.2) is 0 Å². The topological polar surface area (TPSA) is 98.7 Å². The molecule has 12 heavy (non-hydrogen) atoms. The third kappa shape index (κ3) is 8.12. The van der Waals surface area contributed by atoms with Crippen LogP contribution in [0.3, 0.4) is 0 Å². The summed E-state index contributed by atoms with van der Waals surface area (Å²) in [4.78, 5) is 25.9. The van der Waals surface area contributed by atoms with E-state index in [2.05, 4.69) is 5.32 Å². The molecule has 74 valence electrons. The van der Waals surface area contributed by atoms with Gasteiger partial charge in [0.25, 0.3) is 0 Å². The molecule has 0 heterocycles. The molecule has 0 aromatic heterocycles. The number of rotatable bonds is 6. The van der Waals surface area contributed by atoms with E-state index in [0.29, 0.717) is 19.5 Å². The van der Waals surface area contributed by atoms with Crippen LogP contribution < -0.4 is 11.1 Å². The standard InChI is InChI=1S/C6H18N2O3Si/c1-6(5-7)8-3-2-4-12(9,10)11/h6,8-11H,2-5,7H2,1H3. The van der Waals surface area contributed by atoms with Crippen LogP contribution in [0.15, 0.2) is 0 Å². The minimum absolute atomic E-state index is 0.0806. The highest BCUT2D eigenvalue weighted by atomic mass is 28.4. The Labute approximate surface area is 73.6 Å². The Bertz CT molecular complexity index is 118. The van der Waals surface area contributed by atoms with Crippen LogP contribution in [0.4, 0.5) is 0 Å². The fourth-order valence-electron chi connectivity index (χ4n) is 0.757. The molecule has 0 aromatic carbocycles. The molecule has 6 N–H and O–H groups in total. The van der Waals surface area contributed by atoms with Gasteiger partial charge in [-0.1, -0.05) is 0 Å². The number of hydrogen-bond donors (Lipinski definition) is 5. The average Bonchev–Trinajstić information content (AvgIpc) is 1.96. The summed E-state index contributed by atoms with van der Waals surface area (Å²) < 4.78 is 0. The summed E-state index contributed by atoms with van der Waals surface area (Å²) in [5, 5.41) is 3.07. The van der Waals surface area contributed by atoms with Gasteiger partial charge in [-0.15, -0.1) is 0 Å². The summed E-state index contributed by atoms with van der Waals surface area (Å²) in [5.74, 6) is 0. The van der Waals surface area contributed by atoms with E-state index in [1.54, 1.807) is 0 Å². The second-order valence-corrected chi connectivity index (χ2v) is 5.02. The Kier molecular flexibility index (Phi) is 5.63. The van der Waals surface area contributed by atoms with Crippen LogP contribution in [0.5, 0.6) is 0 Å². The molecule has 1 atom stereocenters. The van der Waals surface area contributed by atoms with Gasteiger partial charge >= 0.3 is 8.80 Å². The number of nitrogens with two attached hydrogens (primary N) is 1. The Hall–Kier alpha value is 0.0169. The highest BCUT2D eigenvalue weighted by Crippen LogP contribution is 1.99. The summed E-state index contributed by atoms with van der Waals surface area (Å²) in [7, 11) is -3.81. The van der Waals surface area contributed by atoms with Crippen molar-refractivity contribution in [1.82, 2.24) is 5.32 Å². The van der Waals surface area contributed by atoms with E-state index in [-0.39, 0.29) is 12.1 Å². The van der Waals surface area contributed by atoms with Gasteiger partial charge in [-0.25, -0.2) is 0 Å². The van der Waals surface area contributed by atoms with Crippen molar-refractivity contribution in [2.75, 3.05) is 13.1 Å². The lowest BCUT2D eigenvalue weighted by Crippen LogP contribution is -2.37. The Morgan fingerprint density at radius 3 is 2.42 bits per heavy atom. The molecule has 0 radical (unpaired) electrons. The smallest absolute Gasteiger partial charge is 0.390 e. The van der Waals surface area contributed by atoms with Crippen LogP contribution in [0.2, 0.25) is 6.04 Å². The first-order valence-electron chi connectivity index (χ1n) is 4.06. The lowest BCUT2D eigenvalue weighted by molar-refractivity contribution is 0.226. The molecule has 0 aliphatic heterocycles. The van der Waals surface area contributed by atoms with Crippen LogP contribution in [0, 0.1) is 0 Å². The first-order valence-corrected chi connectivity index (χ1v) is 6.11. The van der Waals surface area contributed by atoms with Crippen LogP contribution in [0.25, 0.3) is 0 Å². The average molecular weight is 194 g/mol. The summed E-state index contributed by atoms with van der Waals surface area (Å²) in [6.45, 7) is 3.15. The van der Waals surface area contributed by atoms with E-state index in [9.17, 15) is 0 Å². The molecule has 0 fully saturated rings. The predicted molar refractivity (Wildman–Crippen MR) is 48.4 cm³/mol. The van der Waals surface area contributed by atoms with Crippen molar-refractivity contribution >= 4 is 8.80 Å². The monoisotopic (exact) mass is 194 g/mol. The fraction of sp³-hybridized carbons (Fsp3) is 1.00. The highest BCUT2D eigenvalue weighted by Gasteiger charge is 2.25.